The summed E-state index contributed by atoms with van der Waals surface area (Å²) in [5.41, 5.74) is 5.09. The number of hydrogen-bond acceptors (Lipinski definition) is 4. The van der Waals surface area contributed by atoms with E-state index in [-0.39, 0.29) is 6.61 Å². The van der Waals surface area contributed by atoms with Crippen LogP contribution in [0.4, 0.5) is 0 Å². The van der Waals surface area contributed by atoms with Crippen molar-refractivity contribution in [2.45, 2.75) is 13.8 Å². The van der Waals surface area contributed by atoms with Gasteiger partial charge in [-0.1, -0.05) is 60.1 Å². The molecular weight excluding hydrogens is 528 g/mol. The van der Waals surface area contributed by atoms with Gasteiger partial charge in [-0.05, 0) is 56.9 Å². The molecule has 0 fully saturated rings. The number of carbonyl (C=O) groups is 2. The average Bonchev–Trinajstić information content (AvgIpc) is 2.76. The van der Waals surface area contributed by atoms with Crippen molar-refractivity contribution >= 4 is 54.4 Å². The molecule has 0 spiro atoms. The minimum absolute atomic E-state index is 0.258. The Morgan fingerprint density at radius 3 is 2.45 bits per heavy atom. The SMILES string of the molecule is CC(C)COc1ccc(Br)cc1C(=O)NNC(=O)COc1ccc2ccccc2c1Br. The van der Waals surface area contributed by atoms with Gasteiger partial charge in [0.15, 0.2) is 6.61 Å². The zero-order valence-electron chi connectivity index (χ0n) is 17.1. The van der Waals surface area contributed by atoms with Crippen LogP contribution in [0.3, 0.4) is 0 Å². The Bertz CT molecular complexity index is 1100. The first-order chi connectivity index (χ1) is 14.8. The van der Waals surface area contributed by atoms with Gasteiger partial charge in [-0.3, -0.25) is 20.4 Å². The lowest BCUT2D eigenvalue weighted by atomic mass is 10.1. The van der Waals surface area contributed by atoms with Crippen LogP contribution >= 0.6 is 31.9 Å². The van der Waals surface area contributed by atoms with E-state index in [9.17, 15) is 9.59 Å². The molecule has 0 aliphatic rings. The molecule has 0 unspecified atom stereocenters. The van der Waals surface area contributed by atoms with E-state index in [1.54, 1.807) is 24.3 Å². The largest absolute Gasteiger partial charge is 0.492 e. The molecule has 8 heteroatoms. The minimum Gasteiger partial charge on any atom is -0.492 e. The Kier molecular flexibility index (Phi) is 7.92. The van der Waals surface area contributed by atoms with E-state index in [1.807, 2.05) is 44.2 Å². The van der Waals surface area contributed by atoms with Crippen LogP contribution in [0.25, 0.3) is 10.8 Å². The number of amides is 2. The maximum absolute atomic E-state index is 12.6. The summed E-state index contributed by atoms with van der Waals surface area (Å²) in [5.74, 6) is 0.315. The lowest BCUT2D eigenvalue weighted by molar-refractivity contribution is -0.123. The lowest BCUT2D eigenvalue weighted by Gasteiger charge is -2.14. The molecule has 0 aliphatic carbocycles. The molecule has 0 saturated carbocycles. The summed E-state index contributed by atoms with van der Waals surface area (Å²) >= 11 is 6.87. The Labute approximate surface area is 197 Å². The van der Waals surface area contributed by atoms with Gasteiger partial charge >= 0.3 is 0 Å². The summed E-state index contributed by atoms with van der Waals surface area (Å²) in [4.78, 5) is 24.8. The van der Waals surface area contributed by atoms with Crippen molar-refractivity contribution < 1.29 is 19.1 Å². The van der Waals surface area contributed by atoms with Crippen LogP contribution in [0.5, 0.6) is 11.5 Å². The highest BCUT2D eigenvalue weighted by molar-refractivity contribution is 9.11. The van der Waals surface area contributed by atoms with Gasteiger partial charge in [0.05, 0.1) is 16.6 Å². The van der Waals surface area contributed by atoms with Crippen molar-refractivity contribution in [1.82, 2.24) is 10.9 Å². The van der Waals surface area contributed by atoms with E-state index in [0.717, 1.165) is 19.7 Å². The number of fused-ring (bicyclic) bond motifs is 1. The van der Waals surface area contributed by atoms with E-state index >= 15 is 0 Å². The summed E-state index contributed by atoms with van der Waals surface area (Å²) in [5, 5.41) is 2.04. The molecule has 2 N–H and O–H groups in total. The highest BCUT2D eigenvalue weighted by Crippen LogP contribution is 2.33. The fourth-order valence-corrected chi connectivity index (χ4v) is 3.73. The average molecular weight is 550 g/mol. The summed E-state index contributed by atoms with van der Waals surface area (Å²) in [6, 6.07) is 16.7. The van der Waals surface area contributed by atoms with Gasteiger partial charge in [0.1, 0.15) is 11.5 Å². The van der Waals surface area contributed by atoms with Crippen molar-refractivity contribution in [3.63, 3.8) is 0 Å². The molecular formula is C23H22Br2N2O4. The topological polar surface area (TPSA) is 76.7 Å². The van der Waals surface area contributed by atoms with Crippen molar-refractivity contribution in [3.8, 4) is 11.5 Å². The maximum Gasteiger partial charge on any atom is 0.276 e. The Morgan fingerprint density at radius 1 is 0.935 bits per heavy atom. The van der Waals surface area contributed by atoms with Crippen LogP contribution in [-0.4, -0.2) is 25.0 Å². The fourth-order valence-electron chi connectivity index (χ4n) is 2.76. The molecule has 31 heavy (non-hydrogen) atoms. The number of hydrazine groups is 1. The van der Waals surface area contributed by atoms with Crippen LogP contribution in [0.2, 0.25) is 0 Å². The highest BCUT2D eigenvalue weighted by atomic mass is 79.9. The number of carbonyl (C=O) groups excluding carboxylic acids is 2. The summed E-state index contributed by atoms with van der Waals surface area (Å²) in [7, 11) is 0. The summed E-state index contributed by atoms with van der Waals surface area (Å²) in [6.45, 7) is 4.26. The predicted molar refractivity (Wildman–Crippen MR) is 127 cm³/mol. The Morgan fingerprint density at radius 2 is 1.68 bits per heavy atom. The molecule has 0 aliphatic heterocycles. The van der Waals surface area contributed by atoms with Gasteiger partial charge in [0, 0.05) is 4.47 Å². The van der Waals surface area contributed by atoms with Crippen LogP contribution in [0.15, 0.2) is 63.5 Å². The number of ether oxygens (including phenoxy) is 2. The molecule has 0 saturated heterocycles. The molecule has 162 valence electrons. The van der Waals surface area contributed by atoms with Gasteiger partial charge in [0.2, 0.25) is 0 Å². The van der Waals surface area contributed by atoms with Crippen molar-refractivity contribution in [3.05, 3.63) is 69.1 Å². The third kappa shape index (κ3) is 6.21. The normalized spacial score (nSPS) is 10.7. The highest BCUT2D eigenvalue weighted by Gasteiger charge is 2.15. The summed E-state index contributed by atoms with van der Waals surface area (Å²) in [6.07, 6.45) is 0. The molecule has 6 nitrogen and oxygen atoms in total. The smallest absolute Gasteiger partial charge is 0.276 e. The number of halogens is 2. The van der Waals surface area contributed by atoms with Crippen LogP contribution in [-0.2, 0) is 4.79 Å². The first-order valence-corrected chi connectivity index (χ1v) is 11.3. The quantitative estimate of drug-likeness (QED) is 0.395. The maximum atomic E-state index is 12.6. The first-order valence-electron chi connectivity index (χ1n) is 9.66. The number of hydrogen-bond donors (Lipinski definition) is 2. The van der Waals surface area contributed by atoms with E-state index < -0.39 is 11.8 Å². The Balaban J connectivity index is 1.58. The predicted octanol–water partition coefficient (Wildman–Crippen LogP) is 5.24. The number of nitrogens with one attached hydrogen (secondary N) is 2. The molecule has 2 amide bonds. The van der Waals surface area contributed by atoms with E-state index in [4.69, 9.17) is 9.47 Å². The van der Waals surface area contributed by atoms with E-state index in [0.29, 0.717) is 29.6 Å². The molecule has 0 aromatic heterocycles. The van der Waals surface area contributed by atoms with Gasteiger partial charge in [-0.15, -0.1) is 0 Å². The second-order valence-electron chi connectivity index (χ2n) is 7.24. The van der Waals surface area contributed by atoms with Crippen molar-refractivity contribution in [2.75, 3.05) is 13.2 Å². The molecule has 0 heterocycles. The fraction of sp³-hybridized carbons (Fsp3) is 0.217. The van der Waals surface area contributed by atoms with Gasteiger partial charge in [-0.2, -0.15) is 0 Å². The molecule has 3 aromatic rings. The van der Waals surface area contributed by atoms with Crippen LogP contribution in [0.1, 0.15) is 24.2 Å². The Hall–Kier alpha value is -2.58. The lowest BCUT2D eigenvalue weighted by Crippen LogP contribution is -2.44. The third-order valence-electron chi connectivity index (χ3n) is 4.26. The van der Waals surface area contributed by atoms with Gasteiger partial charge in [0.25, 0.3) is 11.8 Å². The molecule has 0 atom stereocenters. The summed E-state index contributed by atoms with van der Waals surface area (Å²) < 4.78 is 12.8. The third-order valence-corrected chi connectivity index (χ3v) is 5.57. The molecule has 3 rings (SSSR count). The zero-order chi connectivity index (χ0) is 22.4. The van der Waals surface area contributed by atoms with E-state index in [2.05, 4.69) is 42.7 Å². The standard InChI is InChI=1S/C23H22Br2N2O4/c1-14(2)12-30-19-10-8-16(24)11-18(19)23(29)27-26-21(28)13-31-20-9-7-15-5-3-4-6-17(15)22(20)25/h3-11,14H,12-13H2,1-2H3,(H,26,28)(H,27,29). The number of rotatable bonds is 7. The molecule has 0 bridgehead atoms. The van der Waals surface area contributed by atoms with E-state index in [1.165, 1.54) is 0 Å². The zero-order valence-corrected chi connectivity index (χ0v) is 20.2. The number of benzene rings is 3. The minimum atomic E-state index is -0.493. The second-order valence-corrected chi connectivity index (χ2v) is 8.94. The van der Waals surface area contributed by atoms with Gasteiger partial charge < -0.3 is 9.47 Å². The monoisotopic (exact) mass is 548 g/mol. The first kappa shape index (κ1) is 23.1. The van der Waals surface area contributed by atoms with Crippen LogP contribution < -0.4 is 20.3 Å². The van der Waals surface area contributed by atoms with Gasteiger partial charge in [-0.25, -0.2) is 0 Å². The van der Waals surface area contributed by atoms with Crippen molar-refractivity contribution in [1.29, 1.82) is 0 Å². The van der Waals surface area contributed by atoms with Crippen LogP contribution in [0, 0.1) is 5.92 Å². The second kappa shape index (κ2) is 10.6. The molecule has 3 aromatic carbocycles. The van der Waals surface area contributed by atoms with Crippen molar-refractivity contribution in [2.24, 2.45) is 5.92 Å². The molecule has 0 radical (unpaired) electrons.